The summed E-state index contributed by atoms with van der Waals surface area (Å²) in [6.45, 7) is 2.27. The number of benzene rings is 2. The molecular formula is C27H30ClF2N3O3. The van der Waals surface area contributed by atoms with Crippen molar-refractivity contribution in [3.8, 4) is 11.5 Å². The molecule has 36 heavy (non-hydrogen) atoms. The predicted octanol–water partition coefficient (Wildman–Crippen LogP) is 5.14. The van der Waals surface area contributed by atoms with Crippen LogP contribution < -0.4 is 15.2 Å². The first kappa shape index (κ1) is 26.1. The van der Waals surface area contributed by atoms with Crippen molar-refractivity contribution in [1.82, 2.24) is 9.88 Å². The van der Waals surface area contributed by atoms with Crippen molar-refractivity contribution in [1.29, 1.82) is 0 Å². The molecule has 3 aromatic rings. The van der Waals surface area contributed by atoms with Crippen molar-refractivity contribution in [2.45, 2.75) is 32.1 Å². The van der Waals surface area contributed by atoms with Crippen molar-refractivity contribution in [3.63, 3.8) is 0 Å². The number of likely N-dealkylation sites (tertiary alicyclic amines) is 1. The van der Waals surface area contributed by atoms with Gasteiger partial charge in [-0.25, -0.2) is 8.78 Å². The van der Waals surface area contributed by atoms with Crippen molar-refractivity contribution >= 4 is 28.4 Å². The quantitative estimate of drug-likeness (QED) is 0.403. The fourth-order valence-corrected chi connectivity index (χ4v) is 5.16. The third-order valence-corrected chi connectivity index (χ3v) is 7.39. The number of carbonyl (C=O) groups is 1. The number of ether oxygens (including phenoxy) is 2. The minimum absolute atomic E-state index is 0.163. The van der Waals surface area contributed by atoms with E-state index >= 15 is 0 Å². The van der Waals surface area contributed by atoms with Crippen LogP contribution in [0.5, 0.6) is 11.5 Å². The van der Waals surface area contributed by atoms with Crippen LogP contribution in [0.15, 0.2) is 42.6 Å². The maximum absolute atomic E-state index is 13.3. The van der Waals surface area contributed by atoms with Crippen LogP contribution in [0.3, 0.4) is 0 Å². The molecule has 2 heterocycles. The molecule has 0 spiro atoms. The van der Waals surface area contributed by atoms with Gasteiger partial charge in [-0.1, -0.05) is 11.6 Å². The summed E-state index contributed by atoms with van der Waals surface area (Å²) in [6, 6.07) is 8.83. The average Bonchev–Trinajstić information content (AvgIpc) is 2.85. The standard InChI is InChI=1S/C27H30ClF2N3O3/c1-35-20-4-5-25-23(16-20)22(24(28)17-32-25)3-2-6-27(26(31)34)7-9-33(10-8-27)11-12-36-21-14-18(29)13-19(30)15-21/h4-5,13-17H,2-3,6-12H2,1H3,(H2,31,34). The Morgan fingerprint density at radius 2 is 1.86 bits per heavy atom. The van der Waals surface area contributed by atoms with Crippen LogP contribution in [-0.2, 0) is 11.2 Å². The average molecular weight is 518 g/mol. The first-order chi connectivity index (χ1) is 17.3. The highest BCUT2D eigenvalue weighted by Crippen LogP contribution is 2.37. The number of methoxy groups -OCH3 is 1. The second kappa shape index (κ2) is 11.4. The van der Waals surface area contributed by atoms with Gasteiger partial charge in [0.15, 0.2) is 0 Å². The normalized spacial score (nSPS) is 15.7. The largest absolute Gasteiger partial charge is 0.497 e. The van der Waals surface area contributed by atoms with Crippen LogP contribution in [0.25, 0.3) is 10.9 Å². The summed E-state index contributed by atoms with van der Waals surface area (Å²) in [7, 11) is 1.62. The number of nitrogens with zero attached hydrogens (tertiary/aromatic N) is 2. The molecule has 0 atom stereocenters. The summed E-state index contributed by atoms with van der Waals surface area (Å²) < 4.78 is 37.5. The Morgan fingerprint density at radius 3 is 2.53 bits per heavy atom. The van der Waals surface area contributed by atoms with E-state index in [1.165, 1.54) is 0 Å². The molecule has 1 fully saturated rings. The molecule has 1 amide bonds. The Morgan fingerprint density at radius 1 is 1.14 bits per heavy atom. The van der Waals surface area contributed by atoms with Gasteiger partial charge in [0, 0.05) is 36.3 Å². The molecule has 0 radical (unpaired) electrons. The summed E-state index contributed by atoms with van der Waals surface area (Å²) in [5.74, 6) is -0.721. The number of pyridine rings is 1. The minimum atomic E-state index is -0.672. The van der Waals surface area contributed by atoms with E-state index in [4.69, 9.17) is 26.8 Å². The van der Waals surface area contributed by atoms with E-state index in [0.29, 0.717) is 56.9 Å². The lowest BCUT2D eigenvalue weighted by Gasteiger charge is -2.39. The molecule has 9 heteroatoms. The summed E-state index contributed by atoms with van der Waals surface area (Å²) in [5.41, 5.74) is 7.14. The maximum Gasteiger partial charge on any atom is 0.223 e. The van der Waals surface area contributed by atoms with E-state index in [9.17, 15) is 13.6 Å². The van der Waals surface area contributed by atoms with E-state index in [1.807, 2.05) is 18.2 Å². The number of amides is 1. The van der Waals surface area contributed by atoms with E-state index < -0.39 is 17.0 Å². The van der Waals surface area contributed by atoms with Crippen molar-refractivity contribution in [2.75, 3.05) is 33.4 Å². The minimum Gasteiger partial charge on any atom is -0.497 e. The van der Waals surface area contributed by atoms with E-state index in [-0.39, 0.29) is 11.7 Å². The van der Waals surface area contributed by atoms with Gasteiger partial charge in [0.2, 0.25) is 5.91 Å². The van der Waals surface area contributed by atoms with E-state index in [2.05, 4.69) is 9.88 Å². The number of hydrogen-bond acceptors (Lipinski definition) is 5. The SMILES string of the molecule is COc1ccc2ncc(Cl)c(CCCC3(C(N)=O)CCN(CCOc4cc(F)cc(F)c4)CC3)c2c1. The van der Waals surface area contributed by atoms with Gasteiger partial charge in [0.25, 0.3) is 0 Å². The number of rotatable bonds is 10. The zero-order chi connectivity index (χ0) is 25.7. The molecule has 1 aromatic heterocycles. The smallest absolute Gasteiger partial charge is 0.223 e. The lowest BCUT2D eigenvalue weighted by molar-refractivity contribution is -0.131. The zero-order valence-corrected chi connectivity index (χ0v) is 21.0. The van der Waals surface area contributed by atoms with Crippen LogP contribution in [0.1, 0.15) is 31.2 Å². The van der Waals surface area contributed by atoms with Gasteiger partial charge in [-0.3, -0.25) is 14.7 Å². The molecule has 1 aliphatic heterocycles. The Labute approximate surface area is 214 Å². The van der Waals surface area contributed by atoms with Crippen molar-refractivity contribution in [2.24, 2.45) is 11.1 Å². The van der Waals surface area contributed by atoms with Gasteiger partial charge in [-0.2, -0.15) is 0 Å². The van der Waals surface area contributed by atoms with Crippen LogP contribution in [-0.4, -0.2) is 49.1 Å². The lowest BCUT2D eigenvalue weighted by Crippen LogP contribution is -2.48. The number of halogens is 3. The molecular weight excluding hydrogens is 488 g/mol. The Kier molecular flexibility index (Phi) is 8.26. The topological polar surface area (TPSA) is 77.7 Å². The zero-order valence-electron chi connectivity index (χ0n) is 20.2. The van der Waals surface area contributed by atoms with Gasteiger partial charge in [-0.05, 0) is 69.0 Å². The van der Waals surface area contributed by atoms with Crippen molar-refractivity contribution < 1.29 is 23.0 Å². The highest BCUT2D eigenvalue weighted by atomic mass is 35.5. The molecule has 4 rings (SSSR count). The number of piperidine rings is 1. The summed E-state index contributed by atoms with van der Waals surface area (Å²) >= 11 is 6.49. The molecule has 6 nitrogen and oxygen atoms in total. The Hall–Kier alpha value is -2.97. The van der Waals surface area contributed by atoms with Crippen LogP contribution >= 0.6 is 11.6 Å². The molecule has 0 aliphatic carbocycles. The van der Waals surface area contributed by atoms with Crippen LogP contribution in [0, 0.1) is 17.0 Å². The third kappa shape index (κ3) is 6.05. The highest BCUT2D eigenvalue weighted by Gasteiger charge is 2.39. The van der Waals surface area contributed by atoms with Gasteiger partial charge in [0.1, 0.15) is 29.7 Å². The summed E-state index contributed by atoms with van der Waals surface area (Å²) in [4.78, 5) is 19.1. The molecule has 1 saturated heterocycles. The number of aryl methyl sites for hydroxylation is 1. The highest BCUT2D eigenvalue weighted by molar-refractivity contribution is 6.32. The monoisotopic (exact) mass is 517 g/mol. The van der Waals surface area contributed by atoms with Crippen LogP contribution in [0.2, 0.25) is 5.02 Å². The molecule has 0 bridgehead atoms. The second-order valence-corrected chi connectivity index (χ2v) is 9.67. The van der Waals surface area contributed by atoms with Gasteiger partial charge < -0.3 is 15.2 Å². The number of aromatic nitrogens is 1. The number of nitrogens with two attached hydrogens (primary N) is 1. The number of carbonyl (C=O) groups excluding carboxylic acids is 1. The predicted molar refractivity (Wildman–Crippen MR) is 135 cm³/mol. The molecule has 1 aliphatic rings. The molecule has 0 saturated carbocycles. The Balaban J connectivity index is 1.33. The first-order valence-electron chi connectivity index (χ1n) is 12.0. The summed E-state index contributed by atoms with van der Waals surface area (Å²) in [6.07, 6.45) is 5.08. The molecule has 2 aromatic carbocycles. The molecule has 192 valence electrons. The summed E-state index contributed by atoms with van der Waals surface area (Å²) in [5, 5.41) is 1.54. The fourth-order valence-electron chi connectivity index (χ4n) is 4.92. The number of primary amides is 1. The van der Waals surface area contributed by atoms with Crippen LogP contribution in [0.4, 0.5) is 8.78 Å². The molecule has 2 N–H and O–H groups in total. The fraction of sp³-hybridized carbons (Fsp3) is 0.407. The third-order valence-electron chi connectivity index (χ3n) is 7.06. The second-order valence-electron chi connectivity index (χ2n) is 9.26. The number of hydrogen-bond donors (Lipinski definition) is 1. The van der Waals surface area contributed by atoms with Gasteiger partial charge in [-0.15, -0.1) is 0 Å². The number of fused-ring (bicyclic) bond motifs is 1. The van der Waals surface area contributed by atoms with E-state index in [0.717, 1.165) is 46.8 Å². The first-order valence-corrected chi connectivity index (χ1v) is 12.4. The maximum atomic E-state index is 13.3. The van der Waals surface area contributed by atoms with Gasteiger partial charge >= 0.3 is 0 Å². The van der Waals surface area contributed by atoms with E-state index in [1.54, 1.807) is 13.3 Å². The molecule has 0 unspecified atom stereocenters. The van der Waals surface area contributed by atoms with Crippen molar-refractivity contribution in [3.05, 3.63) is 64.8 Å². The van der Waals surface area contributed by atoms with Gasteiger partial charge in [0.05, 0.1) is 23.1 Å². The Bertz CT molecular complexity index is 1210. The lowest BCUT2D eigenvalue weighted by atomic mass is 9.73.